The maximum atomic E-state index is 12.5. The van der Waals surface area contributed by atoms with Gasteiger partial charge in [0.05, 0.1) is 19.6 Å². The standard InChI is InChI=1S/C22H30N2O4/c1-6-11-23-18-9-7-8-16(13-18)14-19(20(25)27-5)17-10-12-24(15-17)21(26)28-22(2,3)4/h1,7-9,13,17,19,23H,10-12,14-15H2,2-5H3/t17-,19?/m0/s1. The van der Waals surface area contributed by atoms with Gasteiger partial charge in [-0.3, -0.25) is 4.79 Å². The number of carbonyl (C=O) groups excluding carboxylic acids is 2. The first-order valence-electron chi connectivity index (χ1n) is 9.55. The number of hydrogen-bond acceptors (Lipinski definition) is 5. The van der Waals surface area contributed by atoms with E-state index in [1.807, 2.05) is 45.0 Å². The highest BCUT2D eigenvalue weighted by molar-refractivity contribution is 5.74. The second-order valence-electron chi connectivity index (χ2n) is 8.07. The van der Waals surface area contributed by atoms with Gasteiger partial charge in [0.1, 0.15) is 5.60 Å². The lowest BCUT2D eigenvalue weighted by atomic mass is 9.86. The molecule has 1 aliphatic heterocycles. The second-order valence-corrected chi connectivity index (χ2v) is 8.07. The molecule has 6 nitrogen and oxygen atoms in total. The monoisotopic (exact) mass is 386 g/mol. The number of esters is 1. The number of likely N-dealkylation sites (tertiary alicyclic amines) is 1. The van der Waals surface area contributed by atoms with Gasteiger partial charge in [0, 0.05) is 18.8 Å². The molecule has 1 amide bonds. The fraction of sp³-hybridized carbons (Fsp3) is 0.545. The summed E-state index contributed by atoms with van der Waals surface area (Å²) >= 11 is 0. The molecule has 1 aromatic rings. The third-order valence-corrected chi connectivity index (χ3v) is 4.73. The Bertz CT molecular complexity index is 733. The highest BCUT2D eigenvalue weighted by atomic mass is 16.6. The van der Waals surface area contributed by atoms with E-state index in [2.05, 4.69) is 11.2 Å². The van der Waals surface area contributed by atoms with Crippen molar-refractivity contribution in [2.24, 2.45) is 11.8 Å². The van der Waals surface area contributed by atoms with Crippen molar-refractivity contribution in [1.82, 2.24) is 4.90 Å². The molecule has 152 valence electrons. The number of benzene rings is 1. The average Bonchev–Trinajstić information content (AvgIpc) is 3.13. The van der Waals surface area contributed by atoms with Crippen LogP contribution in [-0.4, -0.2) is 49.3 Å². The Morgan fingerprint density at radius 1 is 1.39 bits per heavy atom. The predicted octanol–water partition coefficient (Wildman–Crippen LogP) is 3.32. The zero-order valence-electron chi connectivity index (χ0n) is 17.2. The van der Waals surface area contributed by atoms with E-state index in [9.17, 15) is 9.59 Å². The summed E-state index contributed by atoms with van der Waals surface area (Å²) in [6, 6.07) is 7.85. The number of nitrogens with one attached hydrogen (secondary N) is 1. The maximum absolute atomic E-state index is 12.5. The zero-order valence-corrected chi connectivity index (χ0v) is 17.2. The van der Waals surface area contributed by atoms with Crippen molar-refractivity contribution in [2.75, 3.05) is 32.1 Å². The fourth-order valence-corrected chi connectivity index (χ4v) is 3.42. The van der Waals surface area contributed by atoms with Gasteiger partial charge >= 0.3 is 12.1 Å². The van der Waals surface area contributed by atoms with E-state index in [4.69, 9.17) is 15.9 Å². The number of terminal acetylenes is 1. The van der Waals surface area contributed by atoms with Crippen molar-refractivity contribution in [2.45, 2.75) is 39.2 Å². The van der Waals surface area contributed by atoms with Crippen molar-refractivity contribution in [1.29, 1.82) is 0 Å². The van der Waals surface area contributed by atoms with Gasteiger partial charge in [-0.15, -0.1) is 6.42 Å². The van der Waals surface area contributed by atoms with E-state index in [-0.39, 0.29) is 23.9 Å². The van der Waals surface area contributed by atoms with Gasteiger partial charge in [-0.05, 0) is 57.2 Å². The molecule has 1 N–H and O–H groups in total. The van der Waals surface area contributed by atoms with Crippen LogP contribution in [0.15, 0.2) is 24.3 Å². The molecule has 1 unspecified atom stereocenters. The zero-order chi connectivity index (χ0) is 20.7. The largest absolute Gasteiger partial charge is 0.469 e. The molecule has 0 aromatic heterocycles. The molecule has 1 aliphatic rings. The molecule has 1 fully saturated rings. The quantitative estimate of drug-likeness (QED) is 0.600. The number of methoxy groups -OCH3 is 1. The van der Waals surface area contributed by atoms with Crippen LogP contribution >= 0.6 is 0 Å². The minimum absolute atomic E-state index is 0.0299. The molecule has 1 aromatic carbocycles. The van der Waals surface area contributed by atoms with E-state index >= 15 is 0 Å². The summed E-state index contributed by atoms with van der Waals surface area (Å²) in [5, 5.41) is 3.14. The van der Waals surface area contributed by atoms with Crippen molar-refractivity contribution in [3.8, 4) is 12.3 Å². The molecule has 2 atom stereocenters. The SMILES string of the molecule is C#CCNc1cccc(CC(C(=O)OC)[C@H]2CCN(C(=O)OC(C)(C)C)C2)c1. The number of rotatable bonds is 6. The van der Waals surface area contributed by atoms with Crippen molar-refractivity contribution >= 4 is 17.7 Å². The first-order valence-corrected chi connectivity index (χ1v) is 9.55. The van der Waals surface area contributed by atoms with Gasteiger partial charge in [-0.2, -0.15) is 0 Å². The summed E-state index contributed by atoms with van der Waals surface area (Å²) in [6.45, 7) is 7.04. The number of hydrogen-bond donors (Lipinski definition) is 1. The molecule has 1 heterocycles. The average molecular weight is 386 g/mol. The van der Waals surface area contributed by atoms with Gasteiger partial charge in [0.25, 0.3) is 0 Å². The van der Waals surface area contributed by atoms with Crippen molar-refractivity contribution in [3.05, 3.63) is 29.8 Å². The lowest BCUT2D eigenvalue weighted by Crippen LogP contribution is -2.36. The predicted molar refractivity (Wildman–Crippen MR) is 109 cm³/mol. The van der Waals surface area contributed by atoms with Crippen LogP contribution in [0.5, 0.6) is 0 Å². The molecule has 28 heavy (non-hydrogen) atoms. The van der Waals surface area contributed by atoms with Crippen LogP contribution in [-0.2, 0) is 20.7 Å². The fourth-order valence-electron chi connectivity index (χ4n) is 3.42. The molecule has 0 saturated carbocycles. The van der Waals surface area contributed by atoms with E-state index in [1.54, 1.807) is 4.90 Å². The molecule has 6 heteroatoms. The number of amides is 1. The van der Waals surface area contributed by atoms with E-state index in [0.717, 1.165) is 17.7 Å². The first-order chi connectivity index (χ1) is 13.2. The summed E-state index contributed by atoms with van der Waals surface area (Å²) in [6.07, 6.45) is 6.25. The highest BCUT2D eigenvalue weighted by Gasteiger charge is 2.37. The van der Waals surface area contributed by atoms with Gasteiger partial charge in [0.2, 0.25) is 0 Å². The summed E-state index contributed by atoms with van der Waals surface area (Å²) in [5.41, 5.74) is 1.40. The van der Waals surface area contributed by atoms with Crippen LogP contribution in [0.25, 0.3) is 0 Å². The summed E-state index contributed by atoms with van der Waals surface area (Å²) in [5.74, 6) is 2.00. The molecular formula is C22H30N2O4. The van der Waals surface area contributed by atoms with Gasteiger partial charge in [-0.1, -0.05) is 18.1 Å². The van der Waals surface area contributed by atoms with Gasteiger partial charge < -0.3 is 19.7 Å². The Balaban J connectivity index is 2.08. The first kappa shape index (κ1) is 21.6. The van der Waals surface area contributed by atoms with Crippen LogP contribution < -0.4 is 5.32 Å². The van der Waals surface area contributed by atoms with Crippen molar-refractivity contribution in [3.63, 3.8) is 0 Å². The Hall–Kier alpha value is -2.68. The Morgan fingerprint density at radius 2 is 2.14 bits per heavy atom. The Kier molecular flexibility index (Phi) is 7.33. The van der Waals surface area contributed by atoms with Crippen LogP contribution in [0.1, 0.15) is 32.8 Å². The number of anilines is 1. The van der Waals surface area contributed by atoms with Crippen LogP contribution in [0.4, 0.5) is 10.5 Å². The third kappa shape index (κ3) is 6.19. The lowest BCUT2D eigenvalue weighted by molar-refractivity contribution is -0.147. The third-order valence-electron chi connectivity index (χ3n) is 4.73. The minimum Gasteiger partial charge on any atom is -0.469 e. The topological polar surface area (TPSA) is 67.9 Å². The number of carbonyl (C=O) groups is 2. The van der Waals surface area contributed by atoms with Crippen LogP contribution in [0.3, 0.4) is 0 Å². The summed E-state index contributed by atoms with van der Waals surface area (Å²) < 4.78 is 10.5. The van der Waals surface area contributed by atoms with Gasteiger partial charge in [0.15, 0.2) is 0 Å². The normalized spacial score (nSPS) is 17.5. The minimum atomic E-state index is -0.539. The lowest BCUT2D eigenvalue weighted by Gasteiger charge is -2.25. The number of nitrogens with zero attached hydrogens (tertiary/aromatic N) is 1. The van der Waals surface area contributed by atoms with Crippen LogP contribution in [0.2, 0.25) is 0 Å². The van der Waals surface area contributed by atoms with E-state index < -0.39 is 5.60 Å². The smallest absolute Gasteiger partial charge is 0.410 e. The molecule has 2 rings (SSSR count). The van der Waals surface area contributed by atoms with Crippen LogP contribution in [0, 0.1) is 24.2 Å². The van der Waals surface area contributed by atoms with E-state index in [0.29, 0.717) is 26.1 Å². The number of ether oxygens (including phenoxy) is 2. The van der Waals surface area contributed by atoms with Crippen molar-refractivity contribution < 1.29 is 19.1 Å². The summed E-state index contributed by atoms with van der Waals surface area (Å²) in [7, 11) is 1.40. The summed E-state index contributed by atoms with van der Waals surface area (Å²) in [4.78, 5) is 26.5. The molecule has 0 radical (unpaired) electrons. The maximum Gasteiger partial charge on any atom is 0.410 e. The second kappa shape index (κ2) is 9.50. The molecule has 0 bridgehead atoms. The van der Waals surface area contributed by atoms with Gasteiger partial charge in [-0.25, -0.2) is 4.79 Å². The highest BCUT2D eigenvalue weighted by Crippen LogP contribution is 2.29. The Labute approximate surface area is 167 Å². The van der Waals surface area contributed by atoms with E-state index in [1.165, 1.54) is 7.11 Å². The molecule has 0 spiro atoms. The molecule has 0 aliphatic carbocycles. The molecular weight excluding hydrogens is 356 g/mol. The molecule has 1 saturated heterocycles. The Morgan fingerprint density at radius 3 is 2.79 bits per heavy atom.